The zero-order chi connectivity index (χ0) is 19.6. The fourth-order valence-corrected chi connectivity index (χ4v) is 3.11. The van der Waals surface area contributed by atoms with E-state index in [1.807, 2.05) is 13.8 Å². The normalized spacial score (nSPS) is 13.3. The highest BCUT2D eigenvalue weighted by molar-refractivity contribution is 6.01. The van der Waals surface area contributed by atoms with E-state index in [0.717, 1.165) is 36.2 Å². The Balaban J connectivity index is 1.75. The molecule has 7 heteroatoms. The number of hydrogen-bond donors (Lipinski definition) is 2. The Morgan fingerprint density at radius 2 is 1.78 bits per heavy atom. The summed E-state index contributed by atoms with van der Waals surface area (Å²) in [7, 11) is 0. The Bertz CT molecular complexity index is 863. The third kappa shape index (κ3) is 4.07. The van der Waals surface area contributed by atoms with Crippen molar-refractivity contribution in [1.82, 2.24) is 0 Å². The summed E-state index contributed by atoms with van der Waals surface area (Å²) in [4.78, 5) is 26.2. The predicted octanol–water partition coefficient (Wildman–Crippen LogP) is 4.54. The standard InChI is InChI=1S/C20H21F2N3O2/c1-12(2)19(26)25-10-4-5-13-11-14(8-9-17(13)25)23-20(27)24-18-15(21)6-3-7-16(18)22/h3,6-9,11-12H,4-5,10H2,1-2H3,(H2,23,24,27). The molecule has 3 amide bonds. The van der Waals surface area contributed by atoms with Crippen molar-refractivity contribution in [3.63, 3.8) is 0 Å². The van der Waals surface area contributed by atoms with E-state index in [2.05, 4.69) is 10.6 Å². The first-order valence-corrected chi connectivity index (χ1v) is 8.83. The lowest BCUT2D eigenvalue weighted by Gasteiger charge is -2.31. The highest BCUT2D eigenvalue weighted by Crippen LogP contribution is 2.31. The van der Waals surface area contributed by atoms with Crippen LogP contribution in [0.4, 0.5) is 30.6 Å². The summed E-state index contributed by atoms with van der Waals surface area (Å²) in [5, 5.41) is 4.76. The highest BCUT2D eigenvalue weighted by atomic mass is 19.1. The van der Waals surface area contributed by atoms with Crippen LogP contribution in [0.2, 0.25) is 0 Å². The number of aryl methyl sites for hydroxylation is 1. The number of nitrogens with zero attached hydrogens (tertiary/aromatic N) is 1. The van der Waals surface area contributed by atoms with Gasteiger partial charge < -0.3 is 15.5 Å². The van der Waals surface area contributed by atoms with E-state index in [-0.39, 0.29) is 11.8 Å². The number of anilines is 3. The quantitative estimate of drug-likeness (QED) is 0.830. The summed E-state index contributed by atoms with van der Waals surface area (Å²) in [5.41, 5.74) is 1.78. The monoisotopic (exact) mass is 373 g/mol. The van der Waals surface area contributed by atoms with E-state index in [1.54, 1.807) is 23.1 Å². The van der Waals surface area contributed by atoms with Crippen molar-refractivity contribution < 1.29 is 18.4 Å². The molecule has 1 aliphatic heterocycles. The van der Waals surface area contributed by atoms with Gasteiger partial charge in [-0.25, -0.2) is 13.6 Å². The van der Waals surface area contributed by atoms with Crippen molar-refractivity contribution >= 4 is 29.0 Å². The molecule has 27 heavy (non-hydrogen) atoms. The molecular formula is C20H21F2N3O2. The van der Waals surface area contributed by atoms with Gasteiger partial charge in [0.1, 0.15) is 17.3 Å². The molecule has 0 spiro atoms. The molecule has 0 saturated carbocycles. The van der Waals surface area contributed by atoms with Gasteiger partial charge in [0, 0.05) is 23.8 Å². The van der Waals surface area contributed by atoms with Crippen LogP contribution in [0.25, 0.3) is 0 Å². The first kappa shape index (κ1) is 18.8. The number of amides is 3. The fourth-order valence-electron chi connectivity index (χ4n) is 3.11. The van der Waals surface area contributed by atoms with Gasteiger partial charge in [-0.2, -0.15) is 0 Å². The molecular weight excluding hydrogens is 352 g/mol. The SMILES string of the molecule is CC(C)C(=O)N1CCCc2cc(NC(=O)Nc3c(F)cccc3F)ccc21. The number of carbonyl (C=O) groups is 2. The maximum absolute atomic E-state index is 13.6. The number of para-hydroxylation sites is 1. The number of fused-ring (bicyclic) bond motifs is 1. The van der Waals surface area contributed by atoms with Crippen LogP contribution < -0.4 is 15.5 Å². The summed E-state index contributed by atoms with van der Waals surface area (Å²) >= 11 is 0. The molecule has 2 aromatic carbocycles. The van der Waals surface area contributed by atoms with Gasteiger partial charge in [0.25, 0.3) is 0 Å². The number of hydrogen-bond acceptors (Lipinski definition) is 2. The highest BCUT2D eigenvalue weighted by Gasteiger charge is 2.24. The van der Waals surface area contributed by atoms with Gasteiger partial charge in [-0.05, 0) is 48.7 Å². The van der Waals surface area contributed by atoms with Gasteiger partial charge in [-0.1, -0.05) is 19.9 Å². The smallest absolute Gasteiger partial charge is 0.312 e. The maximum atomic E-state index is 13.6. The lowest BCUT2D eigenvalue weighted by atomic mass is 9.99. The molecule has 0 saturated heterocycles. The molecule has 5 nitrogen and oxygen atoms in total. The third-order valence-electron chi connectivity index (χ3n) is 4.42. The largest absolute Gasteiger partial charge is 0.323 e. The molecule has 2 aromatic rings. The molecule has 0 fully saturated rings. The molecule has 142 valence electrons. The summed E-state index contributed by atoms with van der Waals surface area (Å²) in [6.45, 7) is 4.39. The van der Waals surface area contributed by atoms with Gasteiger partial charge in [0.05, 0.1) is 0 Å². The Labute approximate surface area is 156 Å². The molecule has 3 rings (SSSR count). The van der Waals surface area contributed by atoms with Crippen LogP contribution in [0.15, 0.2) is 36.4 Å². The number of rotatable bonds is 3. The zero-order valence-electron chi connectivity index (χ0n) is 15.2. The number of nitrogens with one attached hydrogen (secondary N) is 2. The van der Waals surface area contributed by atoms with Crippen LogP contribution in [0.1, 0.15) is 25.8 Å². The van der Waals surface area contributed by atoms with Crippen LogP contribution in [0.3, 0.4) is 0 Å². The second-order valence-corrected chi connectivity index (χ2v) is 6.77. The van der Waals surface area contributed by atoms with Crippen molar-refractivity contribution in [3.8, 4) is 0 Å². The molecule has 0 radical (unpaired) electrons. The van der Waals surface area contributed by atoms with Gasteiger partial charge >= 0.3 is 6.03 Å². The maximum Gasteiger partial charge on any atom is 0.323 e. The van der Waals surface area contributed by atoms with E-state index in [0.29, 0.717) is 12.2 Å². The minimum absolute atomic E-state index is 0.0597. The van der Waals surface area contributed by atoms with Crippen molar-refractivity contribution in [2.24, 2.45) is 5.92 Å². The first-order valence-electron chi connectivity index (χ1n) is 8.83. The molecule has 2 N–H and O–H groups in total. The van der Waals surface area contributed by atoms with E-state index < -0.39 is 23.4 Å². The Hall–Kier alpha value is -2.96. The number of benzene rings is 2. The van der Waals surface area contributed by atoms with E-state index in [4.69, 9.17) is 0 Å². The lowest BCUT2D eigenvalue weighted by molar-refractivity contribution is -0.121. The van der Waals surface area contributed by atoms with Crippen molar-refractivity contribution in [3.05, 3.63) is 53.6 Å². The summed E-state index contributed by atoms with van der Waals surface area (Å²) < 4.78 is 27.3. The Kier molecular flexibility index (Phi) is 5.39. The van der Waals surface area contributed by atoms with Crippen LogP contribution in [0.5, 0.6) is 0 Å². The molecule has 0 atom stereocenters. The number of carbonyl (C=O) groups excluding carboxylic acids is 2. The van der Waals surface area contributed by atoms with Gasteiger partial charge in [-0.3, -0.25) is 4.79 Å². The first-order chi connectivity index (χ1) is 12.9. The molecule has 0 bridgehead atoms. The van der Waals surface area contributed by atoms with Crippen LogP contribution >= 0.6 is 0 Å². The van der Waals surface area contributed by atoms with E-state index >= 15 is 0 Å². The predicted molar refractivity (Wildman–Crippen MR) is 101 cm³/mol. The average Bonchev–Trinajstić information content (AvgIpc) is 2.63. The minimum atomic E-state index is -0.849. The van der Waals surface area contributed by atoms with E-state index in [9.17, 15) is 18.4 Å². The van der Waals surface area contributed by atoms with Crippen LogP contribution in [0, 0.1) is 17.6 Å². The van der Waals surface area contributed by atoms with Gasteiger partial charge in [0.15, 0.2) is 0 Å². The molecule has 0 aliphatic carbocycles. The third-order valence-corrected chi connectivity index (χ3v) is 4.42. The molecule has 1 heterocycles. The number of urea groups is 1. The molecule has 0 unspecified atom stereocenters. The summed E-state index contributed by atoms with van der Waals surface area (Å²) in [6, 6.07) is 7.85. The van der Waals surface area contributed by atoms with E-state index in [1.165, 1.54) is 6.07 Å². The van der Waals surface area contributed by atoms with Crippen LogP contribution in [-0.4, -0.2) is 18.5 Å². The average molecular weight is 373 g/mol. The molecule has 1 aliphatic rings. The van der Waals surface area contributed by atoms with Gasteiger partial charge in [0.2, 0.25) is 5.91 Å². The zero-order valence-corrected chi connectivity index (χ0v) is 15.2. The van der Waals surface area contributed by atoms with Gasteiger partial charge in [-0.15, -0.1) is 0 Å². The second kappa shape index (κ2) is 7.73. The Morgan fingerprint density at radius 3 is 2.44 bits per heavy atom. The number of halogens is 2. The van der Waals surface area contributed by atoms with Crippen molar-refractivity contribution in [2.75, 3.05) is 22.1 Å². The fraction of sp³-hybridized carbons (Fsp3) is 0.300. The topological polar surface area (TPSA) is 61.4 Å². The summed E-state index contributed by atoms with van der Waals surface area (Å²) in [5.74, 6) is -1.74. The molecule has 0 aromatic heterocycles. The van der Waals surface area contributed by atoms with Crippen molar-refractivity contribution in [2.45, 2.75) is 26.7 Å². The van der Waals surface area contributed by atoms with Crippen LogP contribution in [-0.2, 0) is 11.2 Å². The minimum Gasteiger partial charge on any atom is -0.312 e. The summed E-state index contributed by atoms with van der Waals surface area (Å²) in [6.07, 6.45) is 1.62. The lowest BCUT2D eigenvalue weighted by Crippen LogP contribution is -2.38. The van der Waals surface area contributed by atoms with Crippen molar-refractivity contribution in [1.29, 1.82) is 0 Å². The Morgan fingerprint density at radius 1 is 1.07 bits per heavy atom. The second-order valence-electron chi connectivity index (χ2n) is 6.77.